The van der Waals surface area contributed by atoms with Crippen LogP contribution in [0.3, 0.4) is 0 Å². The summed E-state index contributed by atoms with van der Waals surface area (Å²) in [5.41, 5.74) is 4.65. The predicted octanol–water partition coefficient (Wildman–Crippen LogP) is 3.23. The Morgan fingerprint density at radius 3 is 2.74 bits per heavy atom. The number of hydrogen-bond acceptors (Lipinski definition) is 4. The molecule has 0 unspecified atom stereocenters. The fraction of sp³-hybridized carbons (Fsp3) is 0.214. The van der Waals surface area contributed by atoms with E-state index in [1.165, 1.54) is 5.56 Å². The van der Waals surface area contributed by atoms with Crippen LogP contribution in [-0.2, 0) is 0 Å². The first kappa shape index (κ1) is 12.1. The Morgan fingerprint density at radius 1 is 1.16 bits per heavy atom. The Bertz CT molecular complexity index is 683. The second-order valence-electron chi connectivity index (χ2n) is 4.65. The van der Waals surface area contributed by atoms with Gasteiger partial charge in [0.05, 0.1) is 12.0 Å². The van der Waals surface area contributed by atoms with Gasteiger partial charge in [-0.05, 0) is 26.0 Å². The Labute approximate surface area is 116 Å². The average Bonchev–Trinajstić information content (AvgIpc) is 2.53. The summed E-state index contributed by atoms with van der Waals surface area (Å²) in [4.78, 5) is 15.2. The van der Waals surface area contributed by atoms with Gasteiger partial charge in [0.15, 0.2) is 11.0 Å². The molecule has 0 saturated heterocycles. The van der Waals surface area contributed by atoms with Crippen LogP contribution in [0.15, 0.2) is 44.0 Å². The molecule has 2 heterocycles. The number of amidine groups is 1. The molecule has 0 spiro atoms. The van der Waals surface area contributed by atoms with Crippen LogP contribution in [0.5, 0.6) is 0 Å². The third kappa shape index (κ3) is 1.98. The molecule has 0 saturated carbocycles. The molecule has 0 amide bonds. The maximum atomic E-state index is 6.13. The van der Waals surface area contributed by atoms with Crippen LogP contribution in [0.4, 0.5) is 5.69 Å². The first-order chi connectivity index (χ1) is 9.06. The SMILES string of the molecule is CC1=NC2=C(Cl)N=CN(C)C2=Nc2ccc(C)cc21. The zero-order valence-electron chi connectivity index (χ0n) is 11.0. The normalized spacial score (nSPS) is 17.6. The fourth-order valence-electron chi connectivity index (χ4n) is 2.12. The largest absolute Gasteiger partial charge is 0.318 e. The summed E-state index contributed by atoms with van der Waals surface area (Å²) in [6, 6.07) is 6.14. The molecule has 4 nitrogen and oxygen atoms in total. The quantitative estimate of drug-likeness (QED) is 0.669. The topological polar surface area (TPSA) is 40.3 Å². The zero-order valence-corrected chi connectivity index (χ0v) is 11.7. The predicted molar refractivity (Wildman–Crippen MR) is 79.6 cm³/mol. The van der Waals surface area contributed by atoms with E-state index in [2.05, 4.69) is 28.0 Å². The maximum Gasteiger partial charge on any atom is 0.163 e. The maximum absolute atomic E-state index is 6.13. The van der Waals surface area contributed by atoms with Gasteiger partial charge in [-0.2, -0.15) is 0 Å². The van der Waals surface area contributed by atoms with Crippen molar-refractivity contribution in [2.45, 2.75) is 13.8 Å². The molecule has 0 aromatic heterocycles. The fourth-order valence-corrected chi connectivity index (χ4v) is 2.29. The van der Waals surface area contributed by atoms with Crippen molar-refractivity contribution >= 4 is 35.2 Å². The Hall–Kier alpha value is -1.94. The molecule has 2 aliphatic rings. The Kier molecular flexibility index (Phi) is 2.75. The number of benzene rings is 1. The molecule has 0 bridgehead atoms. The van der Waals surface area contributed by atoms with Gasteiger partial charge in [-0.25, -0.2) is 15.0 Å². The molecule has 0 fully saturated rings. The minimum Gasteiger partial charge on any atom is -0.318 e. The van der Waals surface area contributed by atoms with Crippen LogP contribution in [0.25, 0.3) is 0 Å². The highest BCUT2D eigenvalue weighted by molar-refractivity contribution is 6.34. The first-order valence-electron chi connectivity index (χ1n) is 5.98. The lowest BCUT2D eigenvalue weighted by Gasteiger charge is -2.19. The summed E-state index contributed by atoms with van der Waals surface area (Å²) in [7, 11) is 1.88. The van der Waals surface area contributed by atoms with E-state index in [0.29, 0.717) is 10.9 Å². The molecule has 3 rings (SSSR count). The van der Waals surface area contributed by atoms with Crippen LogP contribution in [0.2, 0.25) is 0 Å². The number of aliphatic imine (C=N–C) groups is 3. The minimum atomic E-state index is 0.376. The standard InChI is InChI=1S/C14H13ClN4/c1-8-4-5-11-10(6-8)9(2)17-12-13(15)16-7-19(3)14(12)18-11/h4-7H,1-3H3. The van der Waals surface area contributed by atoms with E-state index in [-0.39, 0.29) is 0 Å². The number of nitrogens with zero attached hydrogens (tertiary/aromatic N) is 4. The van der Waals surface area contributed by atoms with E-state index in [9.17, 15) is 0 Å². The summed E-state index contributed by atoms with van der Waals surface area (Å²) in [6.07, 6.45) is 1.65. The van der Waals surface area contributed by atoms with Gasteiger partial charge in [-0.1, -0.05) is 23.2 Å². The Balaban J connectivity index is 2.30. The molecule has 1 aromatic rings. The van der Waals surface area contributed by atoms with Crippen molar-refractivity contribution in [2.24, 2.45) is 15.0 Å². The van der Waals surface area contributed by atoms with Gasteiger partial charge in [0, 0.05) is 18.3 Å². The van der Waals surface area contributed by atoms with Crippen molar-refractivity contribution in [2.75, 3.05) is 7.05 Å². The van der Waals surface area contributed by atoms with Crippen molar-refractivity contribution < 1.29 is 0 Å². The van der Waals surface area contributed by atoms with Gasteiger partial charge in [0.1, 0.15) is 5.70 Å². The van der Waals surface area contributed by atoms with E-state index in [1.54, 1.807) is 6.34 Å². The number of halogens is 1. The van der Waals surface area contributed by atoms with Gasteiger partial charge in [-0.15, -0.1) is 0 Å². The number of likely N-dealkylation sites (N-methyl/N-ethyl adjacent to an activating group) is 1. The van der Waals surface area contributed by atoms with E-state index >= 15 is 0 Å². The summed E-state index contributed by atoms with van der Waals surface area (Å²) in [6.45, 7) is 4.02. The lowest BCUT2D eigenvalue weighted by molar-refractivity contribution is 0.763. The third-order valence-corrected chi connectivity index (χ3v) is 3.41. The molecule has 0 N–H and O–H groups in total. The number of rotatable bonds is 0. The van der Waals surface area contributed by atoms with Crippen molar-refractivity contribution in [3.8, 4) is 0 Å². The van der Waals surface area contributed by atoms with Crippen LogP contribution in [0.1, 0.15) is 18.1 Å². The van der Waals surface area contributed by atoms with Crippen molar-refractivity contribution in [1.29, 1.82) is 0 Å². The molecule has 19 heavy (non-hydrogen) atoms. The van der Waals surface area contributed by atoms with Crippen LogP contribution < -0.4 is 0 Å². The summed E-state index contributed by atoms with van der Waals surface area (Å²) in [5.74, 6) is 0.724. The molecule has 2 aliphatic heterocycles. The molecular formula is C14H13ClN4. The number of fused-ring (bicyclic) bond motifs is 2. The molecule has 0 radical (unpaired) electrons. The van der Waals surface area contributed by atoms with E-state index in [1.807, 2.05) is 31.0 Å². The average molecular weight is 273 g/mol. The summed E-state index contributed by atoms with van der Waals surface area (Å²) < 4.78 is 0. The lowest BCUT2D eigenvalue weighted by Crippen LogP contribution is -2.29. The van der Waals surface area contributed by atoms with Gasteiger partial charge in [0.2, 0.25) is 0 Å². The van der Waals surface area contributed by atoms with Crippen molar-refractivity contribution in [3.05, 3.63) is 40.2 Å². The number of aryl methyl sites for hydroxylation is 1. The minimum absolute atomic E-state index is 0.376. The van der Waals surface area contributed by atoms with E-state index in [4.69, 9.17) is 11.6 Å². The molecule has 0 aliphatic carbocycles. The van der Waals surface area contributed by atoms with Gasteiger partial charge in [-0.3, -0.25) is 0 Å². The number of hydrogen-bond donors (Lipinski definition) is 0. The van der Waals surface area contributed by atoms with Crippen LogP contribution in [-0.4, -0.2) is 29.8 Å². The third-order valence-electron chi connectivity index (χ3n) is 3.13. The Morgan fingerprint density at radius 2 is 1.95 bits per heavy atom. The molecule has 1 aromatic carbocycles. The second-order valence-corrected chi connectivity index (χ2v) is 5.01. The molecule has 96 valence electrons. The summed E-state index contributed by atoms with van der Waals surface area (Å²) >= 11 is 6.13. The molecule has 0 atom stereocenters. The first-order valence-corrected chi connectivity index (χ1v) is 6.36. The highest BCUT2D eigenvalue weighted by Crippen LogP contribution is 2.30. The highest BCUT2D eigenvalue weighted by atomic mass is 35.5. The van der Waals surface area contributed by atoms with Crippen molar-refractivity contribution in [1.82, 2.24) is 4.90 Å². The van der Waals surface area contributed by atoms with Gasteiger partial charge >= 0.3 is 0 Å². The highest BCUT2D eigenvalue weighted by Gasteiger charge is 2.23. The van der Waals surface area contributed by atoms with Gasteiger partial charge in [0.25, 0.3) is 0 Å². The second kappa shape index (κ2) is 4.31. The summed E-state index contributed by atoms with van der Waals surface area (Å²) in [5, 5.41) is 0.376. The van der Waals surface area contributed by atoms with Crippen molar-refractivity contribution in [3.63, 3.8) is 0 Å². The van der Waals surface area contributed by atoms with Crippen LogP contribution in [0, 0.1) is 6.92 Å². The molecule has 5 heteroatoms. The lowest BCUT2D eigenvalue weighted by atomic mass is 10.1. The monoisotopic (exact) mass is 272 g/mol. The molecular weight excluding hydrogens is 260 g/mol. The smallest absolute Gasteiger partial charge is 0.163 e. The van der Waals surface area contributed by atoms with Crippen LogP contribution >= 0.6 is 11.6 Å². The zero-order chi connectivity index (χ0) is 13.6. The van der Waals surface area contributed by atoms with E-state index < -0.39 is 0 Å². The van der Waals surface area contributed by atoms with Gasteiger partial charge < -0.3 is 4.90 Å². The van der Waals surface area contributed by atoms with E-state index in [0.717, 1.165) is 22.8 Å².